The molecule has 1 aliphatic heterocycles. The molecule has 126 valence electrons. The van der Waals surface area contributed by atoms with E-state index in [1.165, 1.54) is 25.7 Å². The van der Waals surface area contributed by atoms with E-state index in [0.29, 0.717) is 4.48 Å². The zero-order valence-electron chi connectivity index (χ0n) is 13.8. The normalized spacial score (nSPS) is 42.1. The summed E-state index contributed by atoms with van der Waals surface area (Å²) in [5.74, 6) is 2.36. The molecule has 5 aliphatic rings. The number of carbonyl (C=O) groups is 1. The van der Waals surface area contributed by atoms with Crippen molar-refractivity contribution >= 4 is 17.8 Å². The number of nitro benzene ring substituents is 1. The average molecular weight is 327 g/mol. The second-order valence-corrected chi connectivity index (χ2v) is 8.66. The number of rotatable bonds is 3. The van der Waals surface area contributed by atoms with Crippen LogP contribution >= 0.6 is 0 Å². The summed E-state index contributed by atoms with van der Waals surface area (Å²) in [7, 11) is 0. The number of hydrogen-bond acceptors (Lipinski definition) is 3. The first-order chi connectivity index (χ1) is 11.6. The van der Waals surface area contributed by atoms with Gasteiger partial charge in [0.15, 0.2) is 0 Å². The molecule has 4 saturated carbocycles. The van der Waals surface area contributed by atoms with Crippen molar-refractivity contribution < 1.29 is 9.72 Å². The summed E-state index contributed by atoms with van der Waals surface area (Å²) in [6.07, 6.45) is 9.49. The van der Waals surface area contributed by atoms with Gasteiger partial charge in [0.05, 0.1) is 11.5 Å². The summed E-state index contributed by atoms with van der Waals surface area (Å²) in [5, 5.41) is 11.1. The summed E-state index contributed by atoms with van der Waals surface area (Å²) < 4.78 is 0.434. The summed E-state index contributed by atoms with van der Waals surface area (Å²) in [4.78, 5) is 23.2. The lowest BCUT2D eigenvalue weighted by Crippen LogP contribution is -2.70. The largest absolute Gasteiger partial charge is 0.307 e. The molecule has 1 atom stereocenters. The van der Waals surface area contributed by atoms with Gasteiger partial charge in [0.2, 0.25) is 0 Å². The number of fused-ring (bicyclic) bond motifs is 1. The zero-order valence-corrected chi connectivity index (χ0v) is 13.8. The third-order valence-electron chi connectivity index (χ3n) is 7.47. The highest BCUT2D eigenvalue weighted by atomic mass is 16.6. The van der Waals surface area contributed by atoms with Gasteiger partial charge < -0.3 is 0 Å². The lowest BCUT2D eigenvalue weighted by Gasteiger charge is -2.60. The Hall–Kier alpha value is -1.75. The highest BCUT2D eigenvalue weighted by molar-refractivity contribution is 5.77. The zero-order chi connectivity index (χ0) is 16.5. The summed E-state index contributed by atoms with van der Waals surface area (Å²) in [5.41, 5.74) is 2.24. The summed E-state index contributed by atoms with van der Waals surface area (Å²) in [6, 6.07) is 5.15. The SMILES string of the molecule is O=C[N+]1(C23CC4CC(CC(C4)C2)C3)CCc2cc([N+](=O)[O-])ccc21. The topological polar surface area (TPSA) is 60.2 Å². The lowest BCUT2D eigenvalue weighted by molar-refractivity contribution is -0.384. The van der Waals surface area contributed by atoms with Crippen LogP contribution in [0.25, 0.3) is 0 Å². The smallest absolute Gasteiger partial charge is 0.258 e. The van der Waals surface area contributed by atoms with Crippen LogP contribution in [0.1, 0.15) is 44.1 Å². The van der Waals surface area contributed by atoms with Gasteiger partial charge in [-0.15, -0.1) is 0 Å². The third kappa shape index (κ3) is 1.71. The van der Waals surface area contributed by atoms with Crippen molar-refractivity contribution in [1.29, 1.82) is 0 Å². The monoisotopic (exact) mass is 327 g/mol. The Morgan fingerprint density at radius 3 is 2.29 bits per heavy atom. The van der Waals surface area contributed by atoms with Crippen LogP contribution < -0.4 is 4.48 Å². The Morgan fingerprint density at radius 2 is 1.75 bits per heavy atom. The van der Waals surface area contributed by atoms with Crippen molar-refractivity contribution in [3.63, 3.8) is 0 Å². The molecule has 0 spiro atoms. The van der Waals surface area contributed by atoms with Gasteiger partial charge in [-0.05, 0) is 37.0 Å². The first-order valence-electron chi connectivity index (χ1n) is 9.17. The van der Waals surface area contributed by atoms with E-state index in [4.69, 9.17) is 0 Å². The second kappa shape index (κ2) is 4.66. The van der Waals surface area contributed by atoms with Crippen molar-refractivity contribution in [2.24, 2.45) is 17.8 Å². The molecule has 0 N–H and O–H groups in total. The molecule has 4 fully saturated rings. The van der Waals surface area contributed by atoms with Gasteiger partial charge >= 0.3 is 6.41 Å². The van der Waals surface area contributed by atoms with Crippen LogP contribution in [-0.4, -0.2) is 23.4 Å². The van der Waals surface area contributed by atoms with Gasteiger partial charge in [-0.25, -0.2) is 9.28 Å². The molecule has 1 aromatic rings. The van der Waals surface area contributed by atoms with Gasteiger partial charge in [-0.1, -0.05) is 0 Å². The Labute approximate surface area is 141 Å². The number of non-ortho nitro benzene ring substituents is 1. The fraction of sp³-hybridized carbons (Fsp3) is 0.632. The van der Waals surface area contributed by atoms with E-state index in [2.05, 4.69) is 0 Å². The highest BCUT2D eigenvalue weighted by Gasteiger charge is 2.64. The fourth-order valence-electron chi connectivity index (χ4n) is 6.96. The minimum absolute atomic E-state index is 0.0535. The Bertz CT molecular complexity index is 709. The molecular weight excluding hydrogens is 304 g/mol. The van der Waals surface area contributed by atoms with Crippen molar-refractivity contribution in [2.45, 2.75) is 50.5 Å². The van der Waals surface area contributed by atoms with Crippen LogP contribution in [0.2, 0.25) is 0 Å². The number of nitrogens with zero attached hydrogens (tertiary/aromatic N) is 2. The van der Waals surface area contributed by atoms with Gasteiger partial charge in [0, 0.05) is 49.4 Å². The van der Waals surface area contributed by atoms with Crippen LogP contribution in [-0.2, 0) is 11.2 Å². The van der Waals surface area contributed by atoms with Crippen molar-refractivity contribution in [1.82, 2.24) is 4.48 Å². The number of hydrogen-bond donors (Lipinski definition) is 0. The second-order valence-electron chi connectivity index (χ2n) is 8.66. The third-order valence-corrected chi connectivity index (χ3v) is 7.47. The lowest BCUT2D eigenvalue weighted by atomic mass is 9.52. The van der Waals surface area contributed by atoms with E-state index in [0.717, 1.165) is 61.2 Å². The highest BCUT2D eigenvalue weighted by Crippen LogP contribution is 2.61. The number of quaternary nitrogens is 1. The Balaban J connectivity index is 1.63. The van der Waals surface area contributed by atoms with E-state index in [1.54, 1.807) is 12.1 Å². The number of benzene rings is 1. The standard InChI is InChI=1S/C19H23N2O3/c22-12-21(4-3-16-8-17(20(23)24)1-2-18(16)21)19-9-13-5-14(10-19)7-15(6-13)11-19/h1-2,8,12-15H,3-7,9-11H2/q+1. The van der Waals surface area contributed by atoms with E-state index in [1.807, 2.05) is 6.07 Å². The molecule has 0 aromatic heterocycles. The molecule has 1 amide bonds. The molecule has 5 heteroatoms. The maximum Gasteiger partial charge on any atom is 0.307 e. The quantitative estimate of drug-likeness (QED) is 0.369. The molecule has 24 heavy (non-hydrogen) atoms. The van der Waals surface area contributed by atoms with Crippen LogP contribution in [0.3, 0.4) is 0 Å². The first-order valence-corrected chi connectivity index (χ1v) is 9.17. The van der Waals surface area contributed by atoms with Crippen molar-refractivity contribution in [2.75, 3.05) is 6.54 Å². The molecule has 6 rings (SSSR count). The maximum absolute atomic E-state index is 12.5. The minimum atomic E-state index is -0.334. The van der Waals surface area contributed by atoms with E-state index in [9.17, 15) is 14.9 Å². The van der Waals surface area contributed by atoms with Gasteiger partial charge in [-0.3, -0.25) is 10.1 Å². The molecular formula is C19H23N2O3+. The predicted molar refractivity (Wildman–Crippen MR) is 90.4 cm³/mol. The first kappa shape index (κ1) is 14.6. The molecule has 1 unspecified atom stereocenters. The van der Waals surface area contributed by atoms with Crippen LogP contribution in [0.5, 0.6) is 0 Å². The Morgan fingerprint density at radius 1 is 1.12 bits per heavy atom. The average Bonchev–Trinajstić information content (AvgIpc) is 2.93. The maximum atomic E-state index is 12.5. The van der Waals surface area contributed by atoms with Crippen LogP contribution in [0.15, 0.2) is 18.2 Å². The summed E-state index contributed by atoms with van der Waals surface area (Å²) in [6.45, 7) is 0.784. The van der Waals surface area contributed by atoms with Gasteiger partial charge in [0.1, 0.15) is 11.2 Å². The molecule has 5 nitrogen and oxygen atoms in total. The fourth-order valence-corrected chi connectivity index (χ4v) is 6.96. The molecule has 1 aromatic carbocycles. The van der Waals surface area contributed by atoms with Gasteiger partial charge in [0.25, 0.3) is 5.69 Å². The molecule has 1 heterocycles. The number of amides is 1. The Kier molecular flexibility index (Phi) is 2.83. The molecule has 4 bridgehead atoms. The van der Waals surface area contributed by atoms with Crippen molar-refractivity contribution in [3.8, 4) is 0 Å². The van der Waals surface area contributed by atoms with Crippen LogP contribution in [0, 0.1) is 27.9 Å². The minimum Gasteiger partial charge on any atom is -0.258 e. The summed E-state index contributed by atoms with van der Waals surface area (Å²) >= 11 is 0. The van der Waals surface area contributed by atoms with Crippen LogP contribution in [0.4, 0.5) is 11.4 Å². The predicted octanol–water partition coefficient (Wildman–Crippen LogP) is 3.58. The number of carbonyl (C=O) groups excluding carboxylic acids is 1. The van der Waals surface area contributed by atoms with E-state index in [-0.39, 0.29) is 16.1 Å². The molecule has 0 saturated heterocycles. The number of nitro groups is 1. The molecule has 0 radical (unpaired) electrons. The molecule has 4 aliphatic carbocycles. The van der Waals surface area contributed by atoms with E-state index >= 15 is 0 Å². The van der Waals surface area contributed by atoms with Crippen molar-refractivity contribution in [3.05, 3.63) is 33.9 Å². The van der Waals surface area contributed by atoms with Gasteiger partial charge in [-0.2, -0.15) is 0 Å². The van der Waals surface area contributed by atoms with E-state index < -0.39 is 0 Å².